The second-order valence-electron chi connectivity index (χ2n) is 8.32. The summed E-state index contributed by atoms with van der Waals surface area (Å²) in [5, 5.41) is 49.8. The van der Waals surface area contributed by atoms with Crippen LogP contribution in [0.3, 0.4) is 0 Å². The van der Waals surface area contributed by atoms with Crippen molar-refractivity contribution in [3.63, 3.8) is 0 Å². The highest BCUT2D eigenvalue weighted by molar-refractivity contribution is 7.81. The lowest BCUT2D eigenvalue weighted by Gasteiger charge is -2.40. The molecule has 0 bridgehead atoms. The maximum atomic E-state index is 12.8. The molecule has 0 radical (unpaired) electrons. The van der Waals surface area contributed by atoms with Crippen molar-refractivity contribution < 1.29 is 78.5 Å². The maximum Gasteiger partial charge on any atom is 0.397 e. The van der Waals surface area contributed by atoms with Crippen LogP contribution in [0, 0.1) is 0 Å². The second-order valence-corrected chi connectivity index (χ2v) is 10.4. The Morgan fingerprint density at radius 1 is 0.878 bits per heavy atom. The summed E-state index contributed by atoms with van der Waals surface area (Å²) in [6.07, 6.45) is -12.8. The quantitative estimate of drug-likeness (QED) is 0.156. The SMILES string of the molecule is O=C(O)[C@H]1O[C@@H](Oc2c(O)cc(O)c3c(=O)cc(-c4ccc(O)cc4)oc23)[C@H](OS(=O)(=O)O)[C@@H](O)[C@@H]1OS(=O)(=O)O. The van der Waals surface area contributed by atoms with Crippen LogP contribution in [0.5, 0.6) is 23.0 Å². The number of phenols is 3. The lowest BCUT2D eigenvalue weighted by Crippen LogP contribution is -2.63. The first kappa shape index (κ1) is 30.0. The first-order valence-electron chi connectivity index (χ1n) is 10.8. The number of aliphatic hydroxyl groups is 1. The van der Waals surface area contributed by atoms with Crippen LogP contribution in [-0.4, -0.2) is 88.1 Å². The van der Waals surface area contributed by atoms with Gasteiger partial charge in [0.1, 0.15) is 34.9 Å². The zero-order valence-corrected chi connectivity index (χ0v) is 21.4. The van der Waals surface area contributed by atoms with E-state index in [9.17, 15) is 56.5 Å². The Bertz CT molecular complexity index is 1760. The van der Waals surface area contributed by atoms with E-state index in [-0.39, 0.29) is 17.1 Å². The number of carbonyl (C=O) groups is 1. The number of benzene rings is 2. The monoisotopic (exact) mass is 622 g/mol. The van der Waals surface area contributed by atoms with Crippen LogP contribution in [0.15, 0.2) is 45.6 Å². The summed E-state index contributed by atoms with van der Waals surface area (Å²) in [6, 6.07) is 6.65. The van der Waals surface area contributed by atoms with E-state index in [0.29, 0.717) is 6.07 Å². The topological polar surface area (TPSA) is 294 Å². The van der Waals surface area contributed by atoms with Crippen LogP contribution in [-0.2, 0) is 38.7 Å². The van der Waals surface area contributed by atoms with Crippen molar-refractivity contribution in [3.05, 3.63) is 46.6 Å². The van der Waals surface area contributed by atoms with Crippen molar-refractivity contribution in [2.24, 2.45) is 0 Å². The minimum absolute atomic E-state index is 0.140. The molecule has 5 atom stereocenters. The zero-order valence-electron chi connectivity index (χ0n) is 19.8. The minimum Gasteiger partial charge on any atom is -0.508 e. The fraction of sp³-hybridized carbons (Fsp3) is 0.238. The summed E-state index contributed by atoms with van der Waals surface area (Å²) in [6.45, 7) is 0. The van der Waals surface area contributed by atoms with Crippen LogP contribution in [0.1, 0.15) is 0 Å². The number of rotatable bonds is 8. The molecule has 0 unspecified atom stereocenters. The van der Waals surface area contributed by atoms with E-state index in [0.717, 1.165) is 6.07 Å². The second kappa shape index (κ2) is 10.8. The molecule has 0 saturated carbocycles. The average molecular weight is 622 g/mol. The summed E-state index contributed by atoms with van der Waals surface area (Å²) in [7, 11) is -11.0. The minimum atomic E-state index is -5.53. The van der Waals surface area contributed by atoms with Gasteiger partial charge in [0, 0.05) is 17.7 Å². The van der Waals surface area contributed by atoms with Gasteiger partial charge in [-0.1, -0.05) is 0 Å². The van der Waals surface area contributed by atoms with Gasteiger partial charge in [-0.05, 0) is 24.3 Å². The maximum absolute atomic E-state index is 12.8. The number of fused-ring (bicyclic) bond motifs is 1. The standard InChI is InChI=1S/C21H18O18S2/c22-8-3-1-7(2-4-8)12-6-10(24)13-9(23)5-11(25)15(16(13)35-12)36-21-18(39-41(32,33)34)14(26)17(38-40(29,30)31)19(37-21)20(27)28/h1-6,14,17-19,21-23,25-26H,(H,27,28)(H,29,30,31)(H,32,33,34)/t14-,17-,18+,19-,21+/m0/s1. The molecule has 222 valence electrons. The number of carboxylic acid groups (broad SMARTS) is 1. The van der Waals surface area contributed by atoms with E-state index in [4.69, 9.17) is 18.4 Å². The fourth-order valence-corrected chi connectivity index (χ4v) is 4.87. The lowest BCUT2D eigenvalue weighted by atomic mass is 9.99. The molecular formula is C21H18O18S2. The molecule has 1 fully saturated rings. The van der Waals surface area contributed by atoms with Gasteiger partial charge in [-0.3, -0.25) is 13.9 Å². The van der Waals surface area contributed by atoms with Gasteiger partial charge < -0.3 is 39.4 Å². The fourth-order valence-electron chi connectivity index (χ4n) is 3.89. The van der Waals surface area contributed by atoms with Crippen LogP contribution >= 0.6 is 0 Å². The summed E-state index contributed by atoms with van der Waals surface area (Å²) in [4.78, 5) is 24.6. The molecule has 0 spiro atoms. The van der Waals surface area contributed by atoms with E-state index < -0.39 is 91.1 Å². The third-order valence-electron chi connectivity index (χ3n) is 5.53. The molecular weight excluding hydrogens is 604 g/mol. The number of ether oxygens (including phenoxy) is 2. The molecule has 2 aromatic carbocycles. The number of aliphatic hydroxyl groups excluding tert-OH is 1. The molecule has 7 N–H and O–H groups in total. The number of aromatic hydroxyl groups is 3. The molecule has 0 amide bonds. The highest BCUT2D eigenvalue weighted by atomic mass is 32.3. The lowest BCUT2D eigenvalue weighted by molar-refractivity contribution is -0.261. The van der Waals surface area contributed by atoms with Crippen molar-refractivity contribution in [3.8, 4) is 34.3 Å². The van der Waals surface area contributed by atoms with E-state index in [1.165, 1.54) is 24.3 Å². The van der Waals surface area contributed by atoms with Crippen molar-refractivity contribution in [2.75, 3.05) is 0 Å². The summed E-state index contributed by atoms with van der Waals surface area (Å²) in [5.41, 5.74) is -1.43. The van der Waals surface area contributed by atoms with Gasteiger partial charge in [0.15, 0.2) is 29.0 Å². The molecule has 0 aliphatic carbocycles. The molecule has 1 saturated heterocycles. The van der Waals surface area contributed by atoms with E-state index in [1.807, 2.05) is 0 Å². The van der Waals surface area contributed by atoms with Crippen LogP contribution in [0.25, 0.3) is 22.3 Å². The van der Waals surface area contributed by atoms with E-state index in [1.54, 1.807) is 0 Å². The normalized spacial score (nSPS) is 23.3. The van der Waals surface area contributed by atoms with Gasteiger partial charge in [0.2, 0.25) is 12.0 Å². The van der Waals surface area contributed by atoms with Crippen molar-refractivity contribution in [2.45, 2.75) is 30.7 Å². The van der Waals surface area contributed by atoms with Gasteiger partial charge in [-0.15, -0.1) is 0 Å². The van der Waals surface area contributed by atoms with Gasteiger partial charge in [-0.2, -0.15) is 16.8 Å². The van der Waals surface area contributed by atoms with Gasteiger partial charge >= 0.3 is 26.8 Å². The van der Waals surface area contributed by atoms with Crippen molar-refractivity contribution in [1.29, 1.82) is 0 Å². The predicted molar refractivity (Wildman–Crippen MR) is 129 cm³/mol. The van der Waals surface area contributed by atoms with Crippen LogP contribution in [0.4, 0.5) is 0 Å². The van der Waals surface area contributed by atoms with Gasteiger partial charge in [0.05, 0.1) is 0 Å². The largest absolute Gasteiger partial charge is 0.508 e. The molecule has 4 rings (SSSR count). The molecule has 41 heavy (non-hydrogen) atoms. The number of carboxylic acids is 1. The van der Waals surface area contributed by atoms with Crippen molar-refractivity contribution in [1.82, 2.24) is 0 Å². The summed E-state index contributed by atoms with van der Waals surface area (Å²) in [5.74, 6) is -5.12. The first-order chi connectivity index (χ1) is 18.9. The highest BCUT2D eigenvalue weighted by Crippen LogP contribution is 2.42. The molecule has 1 aromatic heterocycles. The molecule has 18 nitrogen and oxygen atoms in total. The number of phenolic OH excluding ortho intramolecular Hbond substituents is 3. The Morgan fingerprint density at radius 3 is 2.02 bits per heavy atom. The summed E-state index contributed by atoms with van der Waals surface area (Å²) >= 11 is 0. The van der Waals surface area contributed by atoms with E-state index in [2.05, 4.69) is 8.37 Å². The van der Waals surface area contributed by atoms with Gasteiger partial charge in [0.25, 0.3) is 0 Å². The third kappa shape index (κ3) is 6.49. The molecule has 1 aliphatic rings. The van der Waals surface area contributed by atoms with Crippen molar-refractivity contribution >= 4 is 37.7 Å². The Morgan fingerprint density at radius 2 is 1.46 bits per heavy atom. The van der Waals surface area contributed by atoms with Gasteiger partial charge in [-0.25, -0.2) is 13.2 Å². The highest BCUT2D eigenvalue weighted by Gasteiger charge is 2.54. The molecule has 3 aromatic rings. The summed E-state index contributed by atoms with van der Waals surface area (Å²) < 4.78 is 88.0. The number of hydrogen-bond donors (Lipinski definition) is 7. The molecule has 2 heterocycles. The smallest absolute Gasteiger partial charge is 0.397 e. The Hall–Kier alpha value is -4.02. The van der Waals surface area contributed by atoms with E-state index >= 15 is 0 Å². The zero-order chi connectivity index (χ0) is 30.4. The third-order valence-corrected chi connectivity index (χ3v) is 6.46. The molecule has 20 heteroatoms. The average Bonchev–Trinajstić information content (AvgIpc) is 2.83. The number of aliphatic carboxylic acids is 1. The Labute approximate surface area is 228 Å². The van der Waals surface area contributed by atoms with Crippen LogP contribution < -0.4 is 10.2 Å². The Kier molecular flexibility index (Phi) is 7.86. The first-order valence-corrected chi connectivity index (χ1v) is 13.5. The Balaban J connectivity index is 1.87. The predicted octanol–water partition coefficient (Wildman–Crippen LogP) is -0.498. The van der Waals surface area contributed by atoms with Crippen LogP contribution in [0.2, 0.25) is 0 Å². The molecule has 1 aliphatic heterocycles. The number of hydrogen-bond acceptors (Lipinski definition) is 15.